The van der Waals surface area contributed by atoms with E-state index in [1.165, 1.54) is 0 Å². The van der Waals surface area contributed by atoms with E-state index in [2.05, 4.69) is 45.6 Å². The fraction of sp³-hybridized carbons (Fsp3) is 0.364. The fourth-order valence-electron chi connectivity index (χ4n) is 3.38. The first-order valence-electron chi connectivity index (χ1n) is 10.1. The van der Waals surface area contributed by atoms with Crippen molar-refractivity contribution < 1.29 is 5.11 Å². The molecule has 3 aromatic rings. The van der Waals surface area contributed by atoms with Gasteiger partial charge in [0.2, 0.25) is 0 Å². The van der Waals surface area contributed by atoms with Crippen LogP contribution in [0.2, 0.25) is 0 Å². The quantitative estimate of drug-likeness (QED) is 0.394. The molecule has 1 aromatic heterocycles. The van der Waals surface area contributed by atoms with Crippen molar-refractivity contribution in [3.8, 4) is 5.75 Å². The van der Waals surface area contributed by atoms with Crippen LogP contribution in [0.5, 0.6) is 5.75 Å². The molecule has 0 amide bonds. The molecule has 0 saturated carbocycles. The highest BCUT2D eigenvalue weighted by Gasteiger charge is 2.07. The van der Waals surface area contributed by atoms with Gasteiger partial charge in [0.25, 0.3) is 5.56 Å². The predicted molar refractivity (Wildman–Crippen MR) is 119 cm³/mol. The number of phenolic OH excluding ortho intramolecular Hbond substituents is 1. The minimum atomic E-state index is -0.181. The maximum absolute atomic E-state index is 11.8. The topological polar surface area (TPSA) is 93.3 Å². The number of aromatic amines is 1. The molecule has 0 aliphatic rings. The Morgan fingerprint density at radius 1 is 1.07 bits per heavy atom. The summed E-state index contributed by atoms with van der Waals surface area (Å²) < 4.78 is 0. The average Bonchev–Trinajstić information content (AvgIpc) is 2.74. The number of benzene rings is 2. The molecule has 0 aliphatic carbocycles. The molecule has 7 heteroatoms. The molecule has 0 fully saturated rings. The smallest absolute Gasteiger partial charge is 0.272 e. The highest BCUT2D eigenvalue weighted by Crippen LogP contribution is 2.24. The first-order chi connectivity index (χ1) is 14.1. The van der Waals surface area contributed by atoms with E-state index in [-0.39, 0.29) is 5.56 Å². The number of nitrogens with zero attached hydrogens (tertiary/aromatic N) is 2. The Kier molecular flexibility index (Phi) is 7.08. The lowest BCUT2D eigenvalue weighted by molar-refractivity contribution is 0.464. The zero-order valence-electron chi connectivity index (χ0n) is 17.0. The molecule has 0 radical (unpaired) electrons. The van der Waals surface area contributed by atoms with Crippen LogP contribution in [0.25, 0.3) is 10.8 Å². The minimum absolute atomic E-state index is 0.181. The molecule has 1 heterocycles. The molecule has 0 bridgehead atoms. The van der Waals surface area contributed by atoms with Crippen LogP contribution in [0, 0.1) is 0 Å². The van der Waals surface area contributed by atoms with Gasteiger partial charge in [-0.25, -0.2) is 5.10 Å². The summed E-state index contributed by atoms with van der Waals surface area (Å²) in [4.78, 5) is 14.0. The number of phenols is 1. The van der Waals surface area contributed by atoms with Gasteiger partial charge < -0.3 is 20.6 Å². The molecule has 154 valence electrons. The molecule has 0 atom stereocenters. The number of nitrogens with one attached hydrogen (secondary N) is 3. The van der Waals surface area contributed by atoms with Gasteiger partial charge in [-0.05, 0) is 38.9 Å². The second-order valence-electron chi connectivity index (χ2n) is 6.89. The first kappa shape index (κ1) is 20.7. The largest absolute Gasteiger partial charge is 0.508 e. The van der Waals surface area contributed by atoms with Crippen LogP contribution in [0.4, 0.5) is 11.5 Å². The van der Waals surface area contributed by atoms with E-state index in [0.717, 1.165) is 49.2 Å². The van der Waals surface area contributed by atoms with Crippen molar-refractivity contribution >= 4 is 22.3 Å². The molecule has 7 nitrogen and oxygen atoms in total. The normalized spacial score (nSPS) is 11.0. The van der Waals surface area contributed by atoms with E-state index in [1.807, 2.05) is 30.3 Å². The van der Waals surface area contributed by atoms with Gasteiger partial charge in [0.1, 0.15) is 5.75 Å². The van der Waals surface area contributed by atoms with E-state index in [1.54, 1.807) is 6.07 Å². The Balaban J connectivity index is 1.46. The molecule has 29 heavy (non-hydrogen) atoms. The molecule has 0 saturated heterocycles. The summed E-state index contributed by atoms with van der Waals surface area (Å²) in [5, 5.41) is 25.0. The fourth-order valence-corrected chi connectivity index (χ4v) is 3.38. The highest BCUT2D eigenvalue weighted by atomic mass is 16.3. The number of rotatable bonds is 10. The monoisotopic (exact) mass is 395 g/mol. The van der Waals surface area contributed by atoms with Gasteiger partial charge in [0.05, 0.1) is 5.39 Å². The number of fused-ring (bicyclic) bond motifs is 1. The molecule has 0 aliphatic heterocycles. The second kappa shape index (κ2) is 9.93. The summed E-state index contributed by atoms with van der Waals surface area (Å²) in [7, 11) is 0. The molecule has 0 spiro atoms. The number of aromatic nitrogens is 2. The van der Waals surface area contributed by atoms with Gasteiger partial charge in [-0.2, -0.15) is 5.10 Å². The third-order valence-corrected chi connectivity index (χ3v) is 5.03. The third-order valence-electron chi connectivity index (χ3n) is 5.03. The van der Waals surface area contributed by atoms with E-state index in [9.17, 15) is 9.90 Å². The average molecular weight is 396 g/mol. The first-order valence-corrected chi connectivity index (χ1v) is 10.1. The summed E-state index contributed by atoms with van der Waals surface area (Å²) in [5.74, 6) is 1.01. The lowest BCUT2D eigenvalue weighted by Crippen LogP contribution is -2.22. The van der Waals surface area contributed by atoms with Crippen LogP contribution < -0.4 is 21.1 Å². The number of anilines is 2. The van der Waals surface area contributed by atoms with Crippen molar-refractivity contribution in [3.05, 3.63) is 58.4 Å². The number of H-pyrrole nitrogens is 1. The minimum Gasteiger partial charge on any atom is -0.508 e. The van der Waals surface area contributed by atoms with Crippen molar-refractivity contribution in [3.63, 3.8) is 0 Å². The predicted octanol–water partition coefficient (Wildman–Crippen LogP) is 3.07. The molecule has 2 aromatic carbocycles. The van der Waals surface area contributed by atoms with Crippen LogP contribution in [-0.4, -0.2) is 41.5 Å². The zero-order valence-corrected chi connectivity index (χ0v) is 17.0. The summed E-state index contributed by atoms with van der Waals surface area (Å²) in [5.41, 5.74) is 1.75. The summed E-state index contributed by atoms with van der Waals surface area (Å²) in [6.07, 6.45) is 0.882. The maximum Gasteiger partial charge on any atom is 0.272 e. The molecular formula is C22H29N5O2. The van der Waals surface area contributed by atoms with Crippen LogP contribution in [0.1, 0.15) is 25.8 Å². The maximum atomic E-state index is 11.8. The van der Waals surface area contributed by atoms with Crippen LogP contribution in [0.15, 0.2) is 47.3 Å². The Morgan fingerprint density at radius 2 is 1.83 bits per heavy atom. The van der Waals surface area contributed by atoms with E-state index >= 15 is 0 Å². The lowest BCUT2D eigenvalue weighted by atomic mass is 10.1. The zero-order chi connectivity index (χ0) is 20.6. The number of hydrogen-bond donors (Lipinski definition) is 4. The number of aromatic hydroxyl groups is 1. The van der Waals surface area contributed by atoms with Crippen molar-refractivity contribution in [2.45, 2.75) is 26.8 Å². The standard InChI is InChI=1S/C22H29N5O2/c1-3-27(4-2)17-11-10-16(20(28)14-17)15-23-12-7-13-24-21-18-8-5-6-9-19(18)22(29)26-25-21/h5-6,8-11,14,23,28H,3-4,7,12-13,15H2,1-2H3,(H,24,25)(H,26,29). The molecule has 4 N–H and O–H groups in total. The Morgan fingerprint density at radius 3 is 2.55 bits per heavy atom. The van der Waals surface area contributed by atoms with Gasteiger partial charge >= 0.3 is 0 Å². The van der Waals surface area contributed by atoms with Crippen molar-refractivity contribution in [1.82, 2.24) is 15.5 Å². The Bertz CT molecular complexity index is 998. The van der Waals surface area contributed by atoms with Crippen molar-refractivity contribution in [2.24, 2.45) is 0 Å². The highest BCUT2D eigenvalue weighted by molar-refractivity contribution is 5.90. The Labute approximate surface area is 170 Å². The summed E-state index contributed by atoms with van der Waals surface area (Å²) in [6, 6.07) is 13.3. The molecule has 3 rings (SSSR count). The second-order valence-corrected chi connectivity index (χ2v) is 6.89. The van der Waals surface area contributed by atoms with Crippen molar-refractivity contribution in [2.75, 3.05) is 36.4 Å². The summed E-state index contributed by atoms with van der Waals surface area (Å²) in [6.45, 7) is 8.18. The van der Waals surface area contributed by atoms with Gasteiger partial charge in [0, 0.05) is 48.9 Å². The van der Waals surface area contributed by atoms with E-state index < -0.39 is 0 Å². The van der Waals surface area contributed by atoms with E-state index in [0.29, 0.717) is 23.5 Å². The number of hydrogen-bond acceptors (Lipinski definition) is 6. The summed E-state index contributed by atoms with van der Waals surface area (Å²) >= 11 is 0. The van der Waals surface area contributed by atoms with E-state index in [4.69, 9.17) is 0 Å². The SMILES string of the molecule is CCN(CC)c1ccc(CNCCCNc2n[nH]c(=O)c3ccccc23)c(O)c1. The molecule has 0 unspecified atom stereocenters. The van der Waals surface area contributed by atoms with Crippen LogP contribution >= 0.6 is 0 Å². The van der Waals surface area contributed by atoms with Crippen LogP contribution in [-0.2, 0) is 6.54 Å². The van der Waals surface area contributed by atoms with Gasteiger partial charge in [0.15, 0.2) is 5.82 Å². The van der Waals surface area contributed by atoms with Crippen molar-refractivity contribution in [1.29, 1.82) is 0 Å². The molecular weight excluding hydrogens is 366 g/mol. The Hall–Kier alpha value is -3.06. The van der Waals surface area contributed by atoms with Gasteiger partial charge in [-0.1, -0.05) is 24.3 Å². The van der Waals surface area contributed by atoms with Gasteiger partial charge in [-0.15, -0.1) is 0 Å². The van der Waals surface area contributed by atoms with Crippen LogP contribution in [0.3, 0.4) is 0 Å². The third kappa shape index (κ3) is 5.06. The van der Waals surface area contributed by atoms with Gasteiger partial charge in [-0.3, -0.25) is 4.79 Å². The lowest BCUT2D eigenvalue weighted by Gasteiger charge is -2.21.